The molecule has 0 heterocycles. The van der Waals surface area contributed by atoms with Crippen LogP contribution in [0, 0.1) is 0 Å². The molecule has 0 amide bonds. The Morgan fingerprint density at radius 2 is 1.27 bits per heavy atom. The molecule has 3 aromatic carbocycles. The van der Waals surface area contributed by atoms with Crippen LogP contribution in [0.1, 0.15) is 28.7 Å². The maximum absolute atomic E-state index is 2.46. The Labute approximate surface area is 168 Å². The third-order valence-corrected chi connectivity index (χ3v) is 6.56. The van der Waals surface area contributed by atoms with Crippen molar-refractivity contribution in [3.8, 4) is 11.1 Å². The van der Waals surface area contributed by atoms with Gasteiger partial charge in [-0.3, -0.25) is 0 Å². The Morgan fingerprint density at radius 1 is 0.692 bits per heavy atom. The van der Waals surface area contributed by atoms with Crippen LogP contribution < -0.4 is 0 Å². The standard InChI is InChI=1S/C25H19I/c26-19-10-7-9-18-8-1-4-13-22(18)25(17-16-19)23-14-5-2-11-20(23)21-12-3-6-15-24(21)25/h1-8,10-16H,9,17H2. The van der Waals surface area contributed by atoms with Gasteiger partial charge in [-0.1, -0.05) is 91.0 Å². The van der Waals surface area contributed by atoms with Gasteiger partial charge in [0.25, 0.3) is 0 Å². The highest BCUT2D eigenvalue weighted by Crippen LogP contribution is 2.55. The van der Waals surface area contributed by atoms with Gasteiger partial charge in [-0.05, 0) is 68.8 Å². The maximum atomic E-state index is 2.46. The predicted molar refractivity (Wildman–Crippen MR) is 118 cm³/mol. The lowest BCUT2D eigenvalue weighted by atomic mass is 9.68. The van der Waals surface area contributed by atoms with E-state index in [1.54, 1.807) is 0 Å². The Bertz CT molecular complexity index is 1010. The molecule has 0 bridgehead atoms. The molecule has 26 heavy (non-hydrogen) atoms. The molecule has 1 spiro atoms. The van der Waals surface area contributed by atoms with Crippen LogP contribution in [-0.4, -0.2) is 0 Å². The second kappa shape index (κ2) is 6.24. The molecule has 0 radical (unpaired) electrons. The summed E-state index contributed by atoms with van der Waals surface area (Å²) < 4.78 is 1.32. The fourth-order valence-electron chi connectivity index (χ4n) is 4.68. The summed E-state index contributed by atoms with van der Waals surface area (Å²) >= 11 is 2.46. The Kier molecular flexibility index (Phi) is 3.86. The minimum absolute atomic E-state index is 0.105. The highest BCUT2D eigenvalue weighted by molar-refractivity contribution is 14.1. The third-order valence-electron chi connectivity index (χ3n) is 5.76. The molecule has 0 nitrogen and oxygen atoms in total. The van der Waals surface area contributed by atoms with Crippen molar-refractivity contribution in [3.05, 3.63) is 117 Å². The van der Waals surface area contributed by atoms with Crippen molar-refractivity contribution in [1.82, 2.24) is 0 Å². The molecule has 3 aromatic rings. The average molecular weight is 446 g/mol. The van der Waals surface area contributed by atoms with Gasteiger partial charge in [0.05, 0.1) is 5.41 Å². The Morgan fingerprint density at radius 3 is 1.96 bits per heavy atom. The molecule has 5 rings (SSSR count). The Balaban J connectivity index is 1.91. The molecule has 126 valence electrons. The van der Waals surface area contributed by atoms with Gasteiger partial charge in [0.15, 0.2) is 0 Å². The summed E-state index contributed by atoms with van der Waals surface area (Å²) in [6, 6.07) is 26.9. The summed E-state index contributed by atoms with van der Waals surface area (Å²) in [4.78, 5) is 0. The van der Waals surface area contributed by atoms with E-state index in [2.05, 4.69) is 114 Å². The molecular formula is C25H19I. The van der Waals surface area contributed by atoms with Crippen LogP contribution in [0.4, 0.5) is 0 Å². The van der Waals surface area contributed by atoms with Gasteiger partial charge in [0, 0.05) is 3.58 Å². The molecule has 2 aliphatic rings. The van der Waals surface area contributed by atoms with Gasteiger partial charge in [0.1, 0.15) is 0 Å². The SMILES string of the molecule is IC1=CCC2(c3ccccc3CC=C1)c1ccccc1-c1ccccc12. The first-order valence-corrected chi connectivity index (χ1v) is 10.2. The molecule has 0 saturated heterocycles. The van der Waals surface area contributed by atoms with Gasteiger partial charge in [-0.25, -0.2) is 0 Å². The molecule has 2 aliphatic carbocycles. The number of rotatable bonds is 0. The van der Waals surface area contributed by atoms with Crippen LogP contribution in [0.25, 0.3) is 11.1 Å². The van der Waals surface area contributed by atoms with Gasteiger partial charge < -0.3 is 0 Å². The summed E-state index contributed by atoms with van der Waals surface area (Å²) in [6.45, 7) is 0. The lowest BCUT2D eigenvalue weighted by Gasteiger charge is -2.33. The summed E-state index contributed by atoms with van der Waals surface area (Å²) in [5, 5.41) is 0. The molecule has 0 unspecified atom stereocenters. The van der Waals surface area contributed by atoms with E-state index in [9.17, 15) is 0 Å². The average Bonchev–Trinajstić information content (AvgIpc) is 3.01. The predicted octanol–water partition coefficient (Wildman–Crippen LogP) is 6.82. The van der Waals surface area contributed by atoms with E-state index in [4.69, 9.17) is 0 Å². The van der Waals surface area contributed by atoms with Crippen LogP contribution in [-0.2, 0) is 11.8 Å². The van der Waals surface area contributed by atoms with Crippen LogP contribution >= 0.6 is 22.6 Å². The number of hydrogen-bond donors (Lipinski definition) is 0. The lowest BCUT2D eigenvalue weighted by Crippen LogP contribution is -2.27. The van der Waals surface area contributed by atoms with Crippen molar-refractivity contribution in [2.75, 3.05) is 0 Å². The Hall–Kier alpha value is -2.13. The van der Waals surface area contributed by atoms with Gasteiger partial charge >= 0.3 is 0 Å². The summed E-state index contributed by atoms with van der Waals surface area (Å²) in [5.41, 5.74) is 8.42. The minimum atomic E-state index is -0.105. The van der Waals surface area contributed by atoms with E-state index < -0.39 is 0 Å². The van der Waals surface area contributed by atoms with Crippen molar-refractivity contribution >= 4 is 22.6 Å². The van der Waals surface area contributed by atoms with E-state index in [0.717, 1.165) is 12.8 Å². The second-order valence-corrected chi connectivity index (χ2v) is 8.30. The third kappa shape index (κ3) is 2.26. The number of hydrogen-bond acceptors (Lipinski definition) is 0. The van der Waals surface area contributed by atoms with E-state index in [0.29, 0.717) is 0 Å². The summed E-state index contributed by atoms with van der Waals surface area (Å²) in [6.07, 6.45) is 8.91. The minimum Gasteiger partial charge on any atom is -0.0791 e. The summed E-state index contributed by atoms with van der Waals surface area (Å²) in [5.74, 6) is 0. The van der Waals surface area contributed by atoms with E-state index >= 15 is 0 Å². The topological polar surface area (TPSA) is 0 Å². The van der Waals surface area contributed by atoms with Gasteiger partial charge in [0.2, 0.25) is 0 Å². The molecule has 0 fully saturated rings. The summed E-state index contributed by atoms with van der Waals surface area (Å²) in [7, 11) is 0. The molecule has 1 heteroatoms. The van der Waals surface area contributed by atoms with Crippen molar-refractivity contribution in [3.63, 3.8) is 0 Å². The first-order valence-electron chi connectivity index (χ1n) is 9.11. The monoisotopic (exact) mass is 446 g/mol. The van der Waals surface area contributed by atoms with Crippen LogP contribution in [0.5, 0.6) is 0 Å². The van der Waals surface area contributed by atoms with Crippen LogP contribution in [0.3, 0.4) is 0 Å². The number of fused-ring (bicyclic) bond motifs is 7. The van der Waals surface area contributed by atoms with Crippen LogP contribution in [0.15, 0.2) is 94.6 Å². The molecule has 0 atom stereocenters. The fourth-order valence-corrected chi connectivity index (χ4v) is 5.15. The highest BCUT2D eigenvalue weighted by atomic mass is 127. The molecule has 0 saturated carbocycles. The smallest absolute Gasteiger partial charge is 0.0501 e. The van der Waals surface area contributed by atoms with E-state index in [1.165, 1.54) is 37.0 Å². The molecule has 0 aliphatic heterocycles. The number of benzene rings is 3. The normalized spacial score (nSPS) is 16.7. The van der Waals surface area contributed by atoms with Crippen LogP contribution in [0.2, 0.25) is 0 Å². The second-order valence-electron chi connectivity index (χ2n) is 7.05. The van der Waals surface area contributed by atoms with E-state index in [-0.39, 0.29) is 5.41 Å². The van der Waals surface area contributed by atoms with Gasteiger partial charge in [-0.15, -0.1) is 0 Å². The molecule has 0 N–H and O–H groups in total. The zero-order valence-electron chi connectivity index (χ0n) is 14.5. The first kappa shape index (κ1) is 16.1. The number of halogens is 1. The van der Waals surface area contributed by atoms with Crippen molar-refractivity contribution in [2.45, 2.75) is 18.3 Å². The lowest BCUT2D eigenvalue weighted by molar-refractivity contribution is 0.639. The van der Waals surface area contributed by atoms with Crippen molar-refractivity contribution in [2.24, 2.45) is 0 Å². The first-order chi connectivity index (χ1) is 12.8. The van der Waals surface area contributed by atoms with Crippen molar-refractivity contribution in [1.29, 1.82) is 0 Å². The zero-order valence-corrected chi connectivity index (χ0v) is 16.6. The quantitative estimate of drug-likeness (QED) is 0.333. The fraction of sp³-hybridized carbons (Fsp3) is 0.120. The molecule has 0 aromatic heterocycles. The largest absolute Gasteiger partial charge is 0.0791 e. The maximum Gasteiger partial charge on any atom is 0.0501 e. The van der Waals surface area contributed by atoms with Gasteiger partial charge in [-0.2, -0.15) is 0 Å². The molecular weight excluding hydrogens is 427 g/mol. The number of allylic oxidation sites excluding steroid dienone is 4. The highest BCUT2D eigenvalue weighted by Gasteiger charge is 2.44. The zero-order chi connectivity index (χ0) is 17.6. The van der Waals surface area contributed by atoms with E-state index in [1.807, 2.05) is 0 Å². The van der Waals surface area contributed by atoms with Crippen molar-refractivity contribution < 1.29 is 0 Å².